The first-order valence-corrected chi connectivity index (χ1v) is 5.02. The lowest BCUT2D eigenvalue weighted by Crippen LogP contribution is -2.26. The Morgan fingerprint density at radius 3 is 2.92 bits per heavy atom. The average Bonchev–Trinajstić information content (AvgIpc) is 2.54. The minimum absolute atomic E-state index is 0.405. The van der Waals surface area contributed by atoms with Crippen LogP contribution in [0.15, 0.2) is 24.4 Å². The summed E-state index contributed by atoms with van der Waals surface area (Å²) in [4.78, 5) is 4.32. The molecule has 1 aromatic heterocycles. The zero-order chi connectivity index (χ0) is 9.10. The van der Waals surface area contributed by atoms with E-state index in [1.165, 1.54) is 25.0 Å². The van der Waals surface area contributed by atoms with Crippen molar-refractivity contribution in [2.24, 2.45) is 11.7 Å². The van der Waals surface area contributed by atoms with Gasteiger partial charge in [-0.15, -0.1) is 0 Å². The molecule has 2 heteroatoms. The first-order chi connectivity index (χ1) is 6.36. The van der Waals surface area contributed by atoms with Crippen molar-refractivity contribution in [3.8, 4) is 0 Å². The van der Waals surface area contributed by atoms with Crippen LogP contribution in [0.2, 0.25) is 0 Å². The fourth-order valence-electron chi connectivity index (χ4n) is 2.11. The zero-order valence-electron chi connectivity index (χ0n) is 7.82. The van der Waals surface area contributed by atoms with Gasteiger partial charge in [-0.3, -0.25) is 4.98 Å². The third-order valence-electron chi connectivity index (χ3n) is 2.92. The second-order valence-corrected chi connectivity index (χ2v) is 3.88. The summed E-state index contributed by atoms with van der Waals surface area (Å²) < 4.78 is 0. The molecule has 1 heterocycles. The monoisotopic (exact) mass is 176 g/mol. The molecule has 2 nitrogen and oxygen atoms in total. The maximum Gasteiger partial charge on any atom is 0.0406 e. The molecule has 0 bridgehead atoms. The quantitative estimate of drug-likeness (QED) is 0.745. The van der Waals surface area contributed by atoms with Gasteiger partial charge < -0.3 is 5.73 Å². The van der Waals surface area contributed by atoms with E-state index < -0.39 is 0 Å². The highest BCUT2D eigenvalue weighted by Gasteiger charge is 2.23. The minimum atomic E-state index is 0.405. The van der Waals surface area contributed by atoms with Crippen LogP contribution < -0.4 is 5.73 Å². The Morgan fingerprint density at radius 1 is 1.38 bits per heavy atom. The molecule has 2 atom stereocenters. The molecule has 1 aliphatic rings. The Labute approximate surface area is 79.2 Å². The van der Waals surface area contributed by atoms with E-state index in [4.69, 9.17) is 5.73 Å². The molecule has 2 rings (SSSR count). The lowest BCUT2D eigenvalue weighted by Gasteiger charge is -2.13. The fourth-order valence-corrected chi connectivity index (χ4v) is 2.11. The van der Waals surface area contributed by atoms with Gasteiger partial charge in [-0.1, -0.05) is 12.5 Å². The predicted molar refractivity (Wildman–Crippen MR) is 53.3 cm³/mol. The molecule has 0 saturated heterocycles. The molecular weight excluding hydrogens is 160 g/mol. The number of rotatable bonds is 2. The topological polar surface area (TPSA) is 38.9 Å². The summed E-state index contributed by atoms with van der Waals surface area (Å²) in [5.74, 6) is 0.662. The number of nitrogens with zero attached hydrogens (tertiary/aromatic N) is 1. The number of nitrogens with two attached hydrogens (primary N) is 1. The molecule has 13 heavy (non-hydrogen) atoms. The van der Waals surface area contributed by atoms with Crippen molar-refractivity contribution in [1.29, 1.82) is 0 Å². The fraction of sp³-hybridized carbons (Fsp3) is 0.545. The highest BCUT2D eigenvalue weighted by atomic mass is 14.7. The largest absolute Gasteiger partial charge is 0.327 e. The van der Waals surface area contributed by atoms with Gasteiger partial charge in [0.25, 0.3) is 0 Å². The Bertz CT molecular complexity index is 258. The van der Waals surface area contributed by atoms with Crippen LogP contribution in [0.5, 0.6) is 0 Å². The summed E-state index contributed by atoms with van der Waals surface area (Å²) in [6.07, 6.45) is 6.67. The van der Waals surface area contributed by atoms with E-state index in [1.54, 1.807) is 0 Å². The molecule has 0 spiro atoms. The van der Waals surface area contributed by atoms with Crippen molar-refractivity contribution in [2.45, 2.75) is 31.7 Å². The van der Waals surface area contributed by atoms with E-state index in [0.29, 0.717) is 12.0 Å². The molecule has 1 saturated carbocycles. The van der Waals surface area contributed by atoms with E-state index in [9.17, 15) is 0 Å². The summed E-state index contributed by atoms with van der Waals surface area (Å²) in [6, 6.07) is 6.49. The SMILES string of the molecule is N[C@H]1CCC[C@H]1Cc1ccccn1. The van der Waals surface area contributed by atoms with E-state index in [0.717, 1.165) is 6.42 Å². The normalized spacial score (nSPS) is 27.8. The van der Waals surface area contributed by atoms with Crippen molar-refractivity contribution < 1.29 is 0 Å². The summed E-state index contributed by atoms with van der Waals surface area (Å²) in [5, 5.41) is 0. The van der Waals surface area contributed by atoms with Gasteiger partial charge in [-0.05, 0) is 37.3 Å². The standard InChI is InChI=1S/C11H16N2/c12-11-6-3-4-9(11)8-10-5-1-2-7-13-10/h1-2,5,7,9,11H,3-4,6,8,12H2/t9-,11-/m0/s1. The van der Waals surface area contributed by atoms with Gasteiger partial charge in [0.1, 0.15) is 0 Å². The van der Waals surface area contributed by atoms with E-state index in [-0.39, 0.29) is 0 Å². The average molecular weight is 176 g/mol. The van der Waals surface area contributed by atoms with Gasteiger partial charge in [0, 0.05) is 17.9 Å². The third kappa shape index (κ3) is 2.07. The highest BCUT2D eigenvalue weighted by Crippen LogP contribution is 2.26. The maximum atomic E-state index is 6.00. The molecule has 1 fully saturated rings. The number of pyridine rings is 1. The molecule has 0 aliphatic heterocycles. The Balaban J connectivity index is 1.98. The van der Waals surface area contributed by atoms with Crippen LogP contribution in [0.25, 0.3) is 0 Å². The van der Waals surface area contributed by atoms with Gasteiger partial charge in [0.05, 0.1) is 0 Å². The first-order valence-electron chi connectivity index (χ1n) is 5.02. The molecule has 0 amide bonds. The summed E-state index contributed by atoms with van der Waals surface area (Å²) >= 11 is 0. The second kappa shape index (κ2) is 3.88. The van der Waals surface area contributed by atoms with E-state index in [2.05, 4.69) is 11.1 Å². The minimum Gasteiger partial charge on any atom is -0.327 e. The summed E-state index contributed by atoms with van der Waals surface area (Å²) in [6.45, 7) is 0. The van der Waals surface area contributed by atoms with Crippen LogP contribution in [0, 0.1) is 5.92 Å². The van der Waals surface area contributed by atoms with Crippen LogP contribution in [-0.2, 0) is 6.42 Å². The van der Waals surface area contributed by atoms with Crippen molar-refractivity contribution in [2.75, 3.05) is 0 Å². The van der Waals surface area contributed by atoms with Crippen LogP contribution in [0.3, 0.4) is 0 Å². The third-order valence-corrected chi connectivity index (χ3v) is 2.92. The van der Waals surface area contributed by atoms with Crippen molar-refractivity contribution >= 4 is 0 Å². The first kappa shape index (κ1) is 8.70. The van der Waals surface area contributed by atoms with Gasteiger partial charge in [0.15, 0.2) is 0 Å². The van der Waals surface area contributed by atoms with Crippen LogP contribution in [0.1, 0.15) is 25.0 Å². The van der Waals surface area contributed by atoms with Crippen LogP contribution in [0.4, 0.5) is 0 Å². The summed E-state index contributed by atoms with van der Waals surface area (Å²) in [5.41, 5.74) is 7.18. The number of hydrogen-bond donors (Lipinski definition) is 1. The molecule has 1 aliphatic carbocycles. The van der Waals surface area contributed by atoms with Crippen LogP contribution in [-0.4, -0.2) is 11.0 Å². The molecule has 2 N–H and O–H groups in total. The lowest BCUT2D eigenvalue weighted by molar-refractivity contribution is 0.474. The summed E-state index contributed by atoms with van der Waals surface area (Å²) in [7, 11) is 0. The lowest BCUT2D eigenvalue weighted by atomic mass is 9.98. The van der Waals surface area contributed by atoms with Crippen molar-refractivity contribution in [3.63, 3.8) is 0 Å². The molecule has 0 radical (unpaired) electrons. The smallest absolute Gasteiger partial charge is 0.0406 e. The van der Waals surface area contributed by atoms with Crippen LogP contribution >= 0.6 is 0 Å². The van der Waals surface area contributed by atoms with Gasteiger partial charge in [-0.2, -0.15) is 0 Å². The molecular formula is C11H16N2. The van der Waals surface area contributed by atoms with E-state index >= 15 is 0 Å². The molecule has 0 aromatic carbocycles. The maximum absolute atomic E-state index is 6.00. The van der Waals surface area contributed by atoms with Crippen molar-refractivity contribution in [1.82, 2.24) is 4.98 Å². The molecule has 0 unspecified atom stereocenters. The predicted octanol–water partition coefficient (Wildman–Crippen LogP) is 1.75. The van der Waals surface area contributed by atoms with E-state index in [1.807, 2.05) is 18.3 Å². The Morgan fingerprint density at radius 2 is 2.31 bits per heavy atom. The number of hydrogen-bond acceptors (Lipinski definition) is 2. The zero-order valence-corrected chi connectivity index (χ0v) is 7.82. The molecule has 1 aromatic rings. The van der Waals surface area contributed by atoms with Crippen molar-refractivity contribution in [3.05, 3.63) is 30.1 Å². The van der Waals surface area contributed by atoms with Gasteiger partial charge >= 0.3 is 0 Å². The Hall–Kier alpha value is -0.890. The Kier molecular flexibility index (Phi) is 2.60. The van der Waals surface area contributed by atoms with Gasteiger partial charge in [-0.25, -0.2) is 0 Å². The highest BCUT2D eigenvalue weighted by molar-refractivity contribution is 5.05. The molecule has 70 valence electrons. The number of aromatic nitrogens is 1. The second-order valence-electron chi connectivity index (χ2n) is 3.88. The van der Waals surface area contributed by atoms with Gasteiger partial charge in [0.2, 0.25) is 0 Å².